The molecule has 1 atom stereocenters. The third kappa shape index (κ3) is 3.21. The zero-order valence-corrected chi connectivity index (χ0v) is 18.1. The second-order valence-electron chi connectivity index (χ2n) is 7.50. The summed E-state index contributed by atoms with van der Waals surface area (Å²) in [6.45, 7) is 0.615. The maximum Gasteiger partial charge on any atom is 0.231 e. The molecule has 5 nitrogen and oxygen atoms in total. The van der Waals surface area contributed by atoms with E-state index < -0.39 is 0 Å². The van der Waals surface area contributed by atoms with Gasteiger partial charge in [-0.2, -0.15) is 0 Å². The maximum atomic E-state index is 12.4. The molecule has 7 heteroatoms. The summed E-state index contributed by atoms with van der Waals surface area (Å²) in [6, 6.07) is 27.0. The van der Waals surface area contributed by atoms with E-state index in [1.165, 1.54) is 32.5 Å². The number of anilines is 3. The fourth-order valence-corrected chi connectivity index (χ4v) is 6.08. The topological polar surface area (TPSA) is 49.3 Å². The fraction of sp³-hybridized carbons (Fsp3) is 0.125. The smallest absolute Gasteiger partial charge is 0.231 e. The van der Waals surface area contributed by atoms with Gasteiger partial charge < -0.3 is 4.90 Å². The van der Waals surface area contributed by atoms with Crippen LogP contribution in [0.15, 0.2) is 88.7 Å². The molecule has 2 aliphatic rings. The zero-order chi connectivity index (χ0) is 20.8. The molecule has 0 bridgehead atoms. The van der Waals surface area contributed by atoms with Crippen LogP contribution in [-0.4, -0.2) is 16.1 Å². The summed E-state index contributed by atoms with van der Waals surface area (Å²) < 4.78 is 0. The van der Waals surface area contributed by atoms with Crippen LogP contribution in [0.5, 0.6) is 0 Å². The average molecular weight is 443 g/mol. The van der Waals surface area contributed by atoms with Gasteiger partial charge in [-0.1, -0.05) is 77.7 Å². The van der Waals surface area contributed by atoms with E-state index >= 15 is 0 Å². The predicted octanol–water partition coefficient (Wildman–Crippen LogP) is 5.82. The van der Waals surface area contributed by atoms with Crippen molar-refractivity contribution in [3.05, 3.63) is 89.4 Å². The number of carbonyl (C=O) groups excluding carboxylic acids is 1. The Morgan fingerprint density at radius 1 is 0.839 bits per heavy atom. The highest BCUT2D eigenvalue weighted by Crippen LogP contribution is 2.49. The van der Waals surface area contributed by atoms with Crippen LogP contribution in [0, 0.1) is 0 Å². The van der Waals surface area contributed by atoms with Crippen LogP contribution in [0.4, 0.5) is 16.5 Å². The van der Waals surface area contributed by atoms with Crippen LogP contribution in [0.2, 0.25) is 0 Å². The normalized spacial score (nSPS) is 17.2. The van der Waals surface area contributed by atoms with Crippen molar-refractivity contribution >= 4 is 45.5 Å². The highest BCUT2D eigenvalue weighted by atomic mass is 32.2. The van der Waals surface area contributed by atoms with Gasteiger partial charge in [0.15, 0.2) is 0 Å². The number of para-hydroxylation sites is 2. The Kier molecular flexibility index (Phi) is 4.51. The van der Waals surface area contributed by atoms with Gasteiger partial charge in [0.2, 0.25) is 11.0 Å². The molecule has 0 spiro atoms. The Morgan fingerprint density at radius 2 is 1.48 bits per heavy atom. The predicted molar refractivity (Wildman–Crippen MR) is 124 cm³/mol. The molecule has 3 heterocycles. The van der Waals surface area contributed by atoms with Crippen LogP contribution in [0.1, 0.15) is 23.0 Å². The van der Waals surface area contributed by atoms with Crippen molar-refractivity contribution in [2.24, 2.45) is 0 Å². The van der Waals surface area contributed by atoms with Crippen molar-refractivity contribution in [1.82, 2.24) is 10.2 Å². The Morgan fingerprint density at radius 3 is 2.16 bits per heavy atom. The molecule has 3 aromatic carbocycles. The fourth-order valence-electron chi connectivity index (χ4n) is 4.09. The first-order valence-electron chi connectivity index (χ1n) is 10.1. The van der Waals surface area contributed by atoms with Gasteiger partial charge >= 0.3 is 0 Å². The lowest BCUT2D eigenvalue weighted by molar-refractivity contribution is -0.124. The number of fused-ring (bicyclic) bond motifs is 2. The van der Waals surface area contributed by atoms with Gasteiger partial charge in [0, 0.05) is 9.79 Å². The standard InChI is InChI=1S/C24H18N4OS2/c29-23-14-19(16-8-2-1-3-9-16)28(23)24-26-25-22(31-24)15-27-17-10-4-6-12-20(17)30-21-13-7-5-11-18(21)27/h1-13,19H,14-15H2. The summed E-state index contributed by atoms with van der Waals surface area (Å²) in [5.41, 5.74) is 3.48. The van der Waals surface area contributed by atoms with Gasteiger partial charge in [-0.05, 0) is 29.8 Å². The van der Waals surface area contributed by atoms with Crippen LogP contribution in [-0.2, 0) is 11.3 Å². The lowest BCUT2D eigenvalue weighted by Gasteiger charge is -2.38. The molecule has 4 aromatic rings. The Bertz CT molecular complexity index is 1230. The third-order valence-electron chi connectivity index (χ3n) is 5.62. The van der Waals surface area contributed by atoms with E-state index in [0.29, 0.717) is 18.1 Å². The molecule has 0 aliphatic carbocycles. The molecule has 2 aliphatic heterocycles. The maximum absolute atomic E-state index is 12.4. The highest BCUT2D eigenvalue weighted by molar-refractivity contribution is 7.99. The molecule has 0 radical (unpaired) electrons. The molecule has 1 unspecified atom stereocenters. The largest absolute Gasteiger partial charge is 0.333 e. The molecule has 1 fully saturated rings. The number of hydrogen-bond acceptors (Lipinski definition) is 6. The molecule has 0 N–H and O–H groups in total. The second kappa shape index (κ2) is 7.51. The number of carbonyl (C=O) groups is 1. The Balaban J connectivity index is 1.31. The number of rotatable bonds is 4. The van der Waals surface area contributed by atoms with Crippen molar-refractivity contribution in [3.63, 3.8) is 0 Å². The van der Waals surface area contributed by atoms with Crippen molar-refractivity contribution in [3.8, 4) is 0 Å². The molecular weight excluding hydrogens is 424 g/mol. The van der Waals surface area contributed by atoms with E-state index in [1.807, 2.05) is 18.2 Å². The first-order chi connectivity index (χ1) is 15.3. The number of amides is 1. The van der Waals surface area contributed by atoms with Crippen LogP contribution >= 0.6 is 23.1 Å². The number of hydrogen-bond donors (Lipinski definition) is 0. The Labute approximate surface area is 188 Å². The zero-order valence-electron chi connectivity index (χ0n) is 16.5. The van der Waals surface area contributed by atoms with Crippen LogP contribution < -0.4 is 9.80 Å². The molecule has 1 aromatic heterocycles. The molecule has 152 valence electrons. The monoisotopic (exact) mass is 442 g/mol. The van der Waals surface area contributed by atoms with Crippen LogP contribution in [0.3, 0.4) is 0 Å². The van der Waals surface area contributed by atoms with E-state index in [-0.39, 0.29) is 11.9 Å². The van der Waals surface area contributed by atoms with E-state index in [0.717, 1.165) is 10.6 Å². The van der Waals surface area contributed by atoms with Gasteiger partial charge in [-0.3, -0.25) is 9.69 Å². The lowest BCUT2D eigenvalue weighted by atomic mass is 9.95. The third-order valence-corrected chi connectivity index (χ3v) is 7.66. The summed E-state index contributed by atoms with van der Waals surface area (Å²) in [7, 11) is 0. The van der Waals surface area contributed by atoms with Gasteiger partial charge in [0.1, 0.15) is 5.01 Å². The first-order valence-corrected chi connectivity index (χ1v) is 11.7. The summed E-state index contributed by atoms with van der Waals surface area (Å²) in [4.78, 5) is 18.9. The minimum Gasteiger partial charge on any atom is -0.333 e. The van der Waals surface area contributed by atoms with E-state index in [9.17, 15) is 4.79 Å². The van der Waals surface area contributed by atoms with E-state index in [1.54, 1.807) is 16.7 Å². The minimum absolute atomic E-state index is 0.0438. The minimum atomic E-state index is 0.0438. The van der Waals surface area contributed by atoms with Gasteiger partial charge in [0.25, 0.3) is 0 Å². The molecular formula is C24H18N4OS2. The van der Waals surface area contributed by atoms with Crippen molar-refractivity contribution in [1.29, 1.82) is 0 Å². The van der Waals surface area contributed by atoms with Gasteiger partial charge in [0.05, 0.1) is 30.4 Å². The molecule has 1 saturated heterocycles. The SMILES string of the molecule is O=C1CC(c2ccccc2)N1c1nnc(CN2c3ccccc3Sc3ccccc32)s1. The summed E-state index contributed by atoms with van der Waals surface area (Å²) in [5, 5.41) is 10.4. The molecule has 1 amide bonds. The van der Waals surface area contributed by atoms with E-state index in [4.69, 9.17) is 0 Å². The summed E-state index contributed by atoms with van der Waals surface area (Å²) in [6.07, 6.45) is 0.517. The molecule has 6 rings (SSSR count). The number of aromatic nitrogens is 2. The van der Waals surface area contributed by atoms with Crippen molar-refractivity contribution < 1.29 is 4.79 Å². The van der Waals surface area contributed by atoms with Crippen molar-refractivity contribution in [2.45, 2.75) is 28.8 Å². The lowest BCUT2D eigenvalue weighted by Crippen LogP contribution is -2.46. The number of β-lactam (4-membered cyclic amide) rings is 1. The Hall–Kier alpha value is -3.16. The van der Waals surface area contributed by atoms with Gasteiger partial charge in [-0.25, -0.2) is 0 Å². The van der Waals surface area contributed by atoms with Crippen molar-refractivity contribution in [2.75, 3.05) is 9.80 Å². The summed E-state index contributed by atoms with van der Waals surface area (Å²) >= 11 is 3.29. The molecule has 31 heavy (non-hydrogen) atoms. The van der Waals surface area contributed by atoms with Crippen LogP contribution in [0.25, 0.3) is 0 Å². The number of nitrogens with zero attached hydrogens (tertiary/aromatic N) is 4. The average Bonchev–Trinajstić information content (AvgIpc) is 3.25. The van der Waals surface area contributed by atoms with E-state index in [2.05, 4.69) is 75.8 Å². The van der Waals surface area contributed by atoms with Gasteiger partial charge in [-0.15, -0.1) is 10.2 Å². The highest BCUT2D eigenvalue weighted by Gasteiger charge is 2.40. The first kappa shape index (κ1) is 18.6. The summed E-state index contributed by atoms with van der Waals surface area (Å²) in [5.74, 6) is 0.0987. The molecule has 0 saturated carbocycles. The quantitative estimate of drug-likeness (QED) is 0.373. The second-order valence-corrected chi connectivity index (χ2v) is 9.62. The number of benzene rings is 3.